The van der Waals surface area contributed by atoms with E-state index in [4.69, 9.17) is 0 Å². The van der Waals surface area contributed by atoms with Crippen LogP contribution in [0.1, 0.15) is 36.8 Å². The standard InChI is InChI=1S/C16H21NS/c1-3-16(14-8-5-4-6-9-14)17-13(2)12-15-10-7-11-18-15/h4-11,13,16-17H,3,12H2,1-2H3. The van der Waals surface area contributed by atoms with Crippen LogP contribution < -0.4 is 5.32 Å². The number of nitrogens with one attached hydrogen (secondary N) is 1. The van der Waals surface area contributed by atoms with Gasteiger partial charge in [-0.15, -0.1) is 11.3 Å². The highest BCUT2D eigenvalue weighted by Gasteiger charge is 2.12. The molecule has 2 atom stereocenters. The quantitative estimate of drug-likeness (QED) is 0.809. The van der Waals surface area contributed by atoms with E-state index in [9.17, 15) is 0 Å². The van der Waals surface area contributed by atoms with Crippen molar-refractivity contribution in [2.45, 2.75) is 38.8 Å². The van der Waals surface area contributed by atoms with E-state index in [2.05, 4.69) is 67.0 Å². The van der Waals surface area contributed by atoms with E-state index in [1.54, 1.807) is 0 Å². The molecule has 1 N–H and O–H groups in total. The molecule has 2 heteroatoms. The molecule has 0 amide bonds. The molecule has 0 spiro atoms. The second-order valence-electron chi connectivity index (χ2n) is 4.72. The lowest BCUT2D eigenvalue weighted by molar-refractivity contribution is 0.445. The summed E-state index contributed by atoms with van der Waals surface area (Å²) in [4.78, 5) is 1.46. The molecule has 0 fully saturated rings. The van der Waals surface area contributed by atoms with Crippen molar-refractivity contribution in [2.75, 3.05) is 0 Å². The fourth-order valence-electron chi connectivity index (χ4n) is 2.27. The number of benzene rings is 1. The summed E-state index contributed by atoms with van der Waals surface area (Å²) >= 11 is 1.84. The van der Waals surface area contributed by atoms with Crippen molar-refractivity contribution < 1.29 is 0 Å². The third-order valence-corrected chi connectivity index (χ3v) is 4.08. The minimum absolute atomic E-state index is 0.459. The number of hydrogen-bond acceptors (Lipinski definition) is 2. The summed E-state index contributed by atoms with van der Waals surface area (Å²) in [6.07, 6.45) is 2.24. The molecule has 2 unspecified atom stereocenters. The molecule has 1 aromatic carbocycles. The summed E-state index contributed by atoms with van der Waals surface area (Å²) < 4.78 is 0. The monoisotopic (exact) mass is 259 g/mol. The maximum absolute atomic E-state index is 3.73. The average Bonchev–Trinajstić information content (AvgIpc) is 2.90. The van der Waals surface area contributed by atoms with E-state index in [-0.39, 0.29) is 0 Å². The second kappa shape index (κ2) is 6.72. The summed E-state index contributed by atoms with van der Waals surface area (Å²) in [5.41, 5.74) is 1.39. The van der Waals surface area contributed by atoms with Crippen molar-refractivity contribution in [1.82, 2.24) is 5.32 Å². The van der Waals surface area contributed by atoms with Crippen LogP contribution in [0.25, 0.3) is 0 Å². The summed E-state index contributed by atoms with van der Waals surface area (Å²) in [5, 5.41) is 5.88. The van der Waals surface area contributed by atoms with Crippen LogP contribution in [0.15, 0.2) is 47.8 Å². The summed E-state index contributed by atoms with van der Waals surface area (Å²) in [6, 6.07) is 16.0. The van der Waals surface area contributed by atoms with Crippen LogP contribution in [-0.2, 0) is 6.42 Å². The van der Waals surface area contributed by atoms with E-state index in [0.29, 0.717) is 12.1 Å². The SMILES string of the molecule is CCC(NC(C)Cc1cccs1)c1ccccc1. The zero-order valence-electron chi connectivity index (χ0n) is 11.1. The van der Waals surface area contributed by atoms with Crippen LogP contribution >= 0.6 is 11.3 Å². The van der Waals surface area contributed by atoms with Crippen LogP contribution in [0.5, 0.6) is 0 Å². The van der Waals surface area contributed by atoms with Crippen LogP contribution in [0.4, 0.5) is 0 Å². The van der Waals surface area contributed by atoms with Crippen molar-refractivity contribution in [3.05, 3.63) is 58.3 Å². The van der Waals surface area contributed by atoms with E-state index in [1.807, 2.05) is 11.3 Å². The Hall–Kier alpha value is -1.12. The minimum Gasteiger partial charge on any atom is -0.307 e. The zero-order valence-corrected chi connectivity index (χ0v) is 11.9. The Balaban J connectivity index is 1.94. The predicted octanol–water partition coefficient (Wildman–Crippen LogP) is 4.42. The topological polar surface area (TPSA) is 12.0 Å². The summed E-state index contributed by atoms with van der Waals surface area (Å²) in [6.45, 7) is 4.51. The first-order valence-electron chi connectivity index (χ1n) is 6.63. The molecular formula is C16H21NS. The zero-order chi connectivity index (χ0) is 12.8. The van der Waals surface area contributed by atoms with Crippen molar-refractivity contribution in [3.8, 4) is 0 Å². The highest BCUT2D eigenvalue weighted by Crippen LogP contribution is 2.18. The molecule has 0 bridgehead atoms. The lowest BCUT2D eigenvalue weighted by Gasteiger charge is -2.22. The highest BCUT2D eigenvalue weighted by atomic mass is 32.1. The maximum atomic E-state index is 3.73. The van der Waals surface area contributed by atoms with Crippen LogP contribution in [0.3, 0.4) is 0 Å². The summed E-state index contributed by atoms with van der Waals surface area (Å²) in [7, 11) is 0. The Labute approximate surface area is 114 Å². The molecule has 1 aromatic heterocycles. The number of thiophene rings is 1. The summed E-state index contributed by atoms with van der Waals surface area (Å²) in [5.74, 6) is 0. The molecule has 0 aliphatic carbocycles. The fourth-order valence-corrected chi connectivity index (χ4v) is 3.10. The molecule has 2 rings (SSSR count). The highest BCUT2D eigenvalue weighted by molar-refractivity contribution is 7.09. The normalized spacial score (nSPS) is 14.3. The van der Waals surface area contributed by atoms with Gasteiger partial charge in [-0.1, -0.05) is 43.3 Å². The molecule has 1 heterocycles. The Morgan fingerprint density at radius 3 is 2.50 bits per heavy atom. The van der Waals surface area contributed by atoms with Gasteiger partial charge in [0, 0.05) is 17.0 Å². The second-order valence-corrected chi connectivity index (χ2v) is 5.75. The largest absolute Gasteiger partial charge is 0.307 e. The maximum Gasteiger partial charge on any atom is 0.0320 e. The van der Waals surface area contributed by atoms with Crippen molar-refractivity contribution >= 4 is 11.3 Å². The first kappa shape index (κ1) is 13.3. The number of hydrogen-bond donors (Lipinski definition) is 1. The van der Waals surface area contributed by atoms with Gasteiger partial charge in [-0.2, -0.15) is 0 Å². The predicted molar refractivity (Wildman–Crippen MR) is 80.1 cm³/mol. The van der Waals surface area contributed by atoms with Gasteiger partial charge in [0.2, 0.25) is 0 Å². The molecule has 0 aliphatic heterocycles. The molecule has 18 heavy (non-hydrogen) atoms. The van der Waals surface area contributed by atoms with Crippen molar-refractivity contribution in [2.24, 2.45) is 0 Å². The Morgan fingerprint density at radius 1 is 1.11 bits per heavy atom. The van der Waals surface area contributed by atoms with Crippen molar-refractivity contribution in [1.29, 1.82) is 0 Å². The fraction of sp³-hybridized carbons (Fsp3) is 0.375. The lowest BCUT2D eigenvalue weighted by atomic mass is 10.0. The first-order valence-corrected chi connectivity index (χ1v) is 7.51. The lowest BCUT2D eigenvalue weighted by Crippen LogP contribution is -2.31. The van der Waals surface area contributed by atoms with E-state index in [1.165, 1.54) is 10.4 Å². The number of rotatable bonds is 6. The molecule has 2 aromatic rings. The van der Waals surface area contributed by atoms with Gasteiger partial charge in [-0.3, -0.25) is 0 Å². The molecule has 0 saturated heterocycles. The van der Waals surface area contributed by atoms with E-state index < -0.39 is 0 Å². The minimum atomic E-state index is 0.459. The molecular weight excluding hydrogens is 238 g/mol. The van der Waals surface area contributed by atoms with Gasteiger partial charge in [-0.25, -0.2) is 0 Å². The van der Waals surface area contributed by atoms with Crippen LogP contribution in [0.2, 0.25) is 0 Å². The van der Waals surface area contributed by atoms with Crippen LogP contribution in [-0.4, -0.2) is 6.04 Å². The molecule has 0 saturated carbocycles. The Kier molecular flexibility index (Phi) is 4.97. The molecule has 0 aliphatic rings. The first-order chi connectivity index (χ1) is 8.79. The third-order valence-electron chi connectivity index (χ3n) is 3.18. The van der Waals surface area contributed by atoms with Gasteiger partial charge >= 0.3 is 0 Å². The average molecular weight is 259 g/mol. The van der Waals surface area contributed by atoms with E-state index in [0.717, 1.165) is 12.8 Å². The molecule has 0 radical (unpaired) electrons. The van der Waals surface area contributed by atoms with Gasteiger partial charge in [0.25, 0.3) is 0 Å². The third kappa shape index (κ3) is 3.69. The molecule has 96 valence electrons. The van der Waals surface area contributed by atoms with Crippen LogP contribution in [0, 0.1) is 0 Å². The van der Waals surface area contributed by atoms with Gasteiger partial charge < -0.3 is 5.32 Å². The van der Waals surface area contributed by atoms with Gasteiger partial charge in [0.1, 0.15) is 0 Å². The molecule has 1 nitrogen and oxygen atoms in total. The van der Waals surface area contributed by atoms with Gasteiger partial charge in [-0.05, 0) is 36.8 Å². The Morgan fingerprint density at radius 2 is 1.89 bits per heavy atom. The van der Waals surface area contributed by atoms with Gasteiger partial charge in [0.15, 0.2) is 0 Å². The smallest absolute Gasteiger partial charge is 0.0320 e. The van der Waals surface area contributed by atoms with E-state index >= 15 is 0 Å². The van der Waals surface area contributed by atoms with Crippen molar-refractivity contribution in [3.63, 3.8) is 0 Å². The Bertz CT molecular complexity index is 435. The van der Waals surface area contributed by atoms with Gasteiger partial charge in [0.05, 0.1) is 0 Å².